The summed E-state index contributed by atoms with van der Waals surface area (Å²) in [4.78, 5) is 26.8. The molecule has 3 aromatic rings. The van der Waals surface area contributed by atoms with Crippen LogP contribution in [0.5, 0.6) is 5.75 Å². The molecule has 1 heterocycles. The SMILES string of the molecule is CCC(=O)NC(c1cccc([N+](=O)[O-])c1)c1ccc2cccnc2c1O. The van der Waals surface area contributed by atoms with Gasteiger partial charge in [-0.25, -0.2) is 0 Å². The Morgan fingerprint density at radius 1 is 1.27 bits per heavy atom. The van der Waals surface area contributed by atoms with Gasteiger partial charge < -0.3 is 10.4 Å². The molecule has 2 N–H and O–H groups in total. The molecule has 2 aromatic carbocycles. The number of nitro groups is 1. The number of carbonyl (C=O) groups excluding carboxylic acids is 1. The van der Waals surface area contributed by atoms with Gasteiger partial charge in [0.15, 0.2) is 0 Å². The van der Waals surface area contributed by atoms with Gasteiger partial charge in [0.25, 0.3) is 5.69 Å². The maximum absolute atomic E-state index is 12.0. The first-order valence-electron chi connectivity index (χ1n) is 8.11. The quantitative estimate of drug-likeness (QED) is 0.541. The summed E-state index contributed by atoms with van der Waals surface area (Å²) in [5.74, 6) is -0.293. The predicted octanol–water partition coefficient (Wildman–Crippen LogP) is 3.46. The molecule has 1 aromatic heterocycles. The van der Waals surface area contributed by atoms with Crippen LogP contribution < -0.4 is 5.32 Å². The normalized spacial score (nSPS) is 11.9. The van der Waals surface area contributed by atoms with Crippen LogP contribution in [0, 0.1) is 10.1 Å². The van der Waals surface area contributed by atoms with Gasteiger partial charge in [0.1, 0.15) is 11.3 Å². The zero-order valence-electron chi connectivity index (χ0n) is 14.0. The fourth-order valence-electron chi connectivity index (χ4n) is 2.80. The molecule has 0 saturated heterocycles. The average molecular weight is 351 g/mol. The van der Waals surface area contributed by atoms with E-state index in [1.807, 2.05) is 6.07 Å². The third-order valence-electron chi connectivity index (χ3n) is 4.13. The molecule has 1 unspecified atom stereocenters. The Kier molecular flexibility index (Phi) is 4.79. The van der Waals surface area contributed by atoms with E-state index in [-0.39, 0.29) is 23.8 Å². The van der Waals surface area contributed by atoms with Crippen molar-refractivity contribution in [3.63, 3.8) is 0 Å². The molecule has 0 spiro atoms. The molecule has 132 valence electrons. The van der Waals surface area contributed by atoms with E-state index in [2.05, 4.69) is 10.3 Å². The Morgan fingerprint density at radius 2 is 2.08 bits per heavy atom. The molecule has 1 atom stereocenters. The van der Waals surface area contributed by atoms with E-state index >= 15 is 0 Å². The van der Waals surface area contributed by atoms with Crippen molar-refractivity contribution >= 4 is 22.5 Å². The summed E-state index contributed by atoms with van der Waals surface area (Å²) in [7, 11) is 0. The van der Waals surface area contributed by atoms with Crippen LogP contribution in [0.1, 0.15) is 30.5 Å². The molecular weight excluding hydrogens is 334 g/mol. The van der Waals surface area contributed by atoms with Crippen LogP contribution in [0.2, 0.25) is 0 Å². The van der Waals surface area contributed by atoms with E-state index in [1.165, 1.54) is 12.1 Å². The number of non-ortho nitro benzene ring substituents is 1. The third-order valence-corrected chi connectivity index (χ3v) is 4.13. The molecule has 7 nitrogen and oxygen atoms in total. The number of pyridine rings is 1. The van der Waals surface area contributed by atoms with Crippen molar-refractivity contribution in [3.05, 3.63) is 76.0 Å². The summed E-state index contributed by atoms with van der Waals surface area (Å²) in [5, 5.41) is 25.4. The third kappa shape index (κ3) is 3.32. The van der Waals surface area contributed by atoms with E-state index in [4.69, 9.17) is 0 Å². The van der Waals surface area contributed by atoms with Gasteiger partial charge in [0, 0.05) is 35.7 Å². The van der Waals surface area contributed by atoms with Gasteiger partial charge in [0.2, 0.25) is 5.91 Å². The molecule has 7 heteroatoms. The van der Waals surface area contributed by atoms with Crippen LogP contribution >= 0.6 is 0 Å². The number of nitrogens with zero attached hydrogens (tertiary/aromatic N) is 2. The van der Waals surface area contributed by atoms with E-state index in [0.717, 1.165) is 5.39 Å². The van der Waals surface area contributed by atoms with Crippen molar-refractivity contribution in [1.82, 2.24) is 10.3 Å². The van der Waals surface area contributed by atoms with Crippen molar-refractivity contribution in [2.24, 2.45) is 0 Å². The minimum absolute atomic E-state index is 0.0593. The van der Waals surface area contributed by atoms with E-state index < -0.39 is 11.0 Å². The van der Waals surface area contributed by atoms with Gasteiger partial charge in [0.05, 0.1) is 11.0 Å². The number of nitro benzene ring substituents is 1. The highest BCUT2D eigenvalue weighted by molar-refractivity contribution is 5.86. The first-order valence-corrected chi connectivity index (χ1v) is 8.11. The second kappa shape index (κ2) is 7.18. The zero-order chi connectivity index (χ0) is 18.7. The predicted molar refractivity (Wildman–Crippen MR) is 96.8 cm³/mol. The van der Waals surface area contributed by atoms with Crippen molar-refractivity contribution < 1.29 is 14.8 Å². The molecule has 0 saturated carbocycles. The number of benzene rings is 2. The number of aromatic hydroxyl groups is 1. The van der Waals surface area contributed by atoms with Gasteiger partial charge in [-0.1, -0.05) is 37.3 Å². The Hall–Kier alpha value is -3.48. The first-order chi connectivity index (χ1) is 12.5. The lowest BCUT2D eigenvalue weighted by molar-refractivity contribution is -0.384. The van der Waals surface area contributed by atoms with E-state index in [9.17, 15) is 20.0 Å². The first kappa shape index (κ1) is 17.3. The highest BCUT2D eigenvalue weighted by atomic mass is 16.6. The summed E-state index contributed by atoms with van der Waals surface area (Å²) < 4.78 is 0. The lowest BCUT2D eigenvalue weighted by Crippen LogP contribution is -2.28. The maximum atomic E-state index is 12.0. The van der Waals surface area contributed by atoms with Crippen LogP contribution in [-0.4, -0.2) is 20.9 Å². The summed E-state index contributed by atoms with van der Waals surface area (Å²) in [6, 6.07) is 12.3. The highest BCUT2D eigenvalue weighted by Gasteiger charge is 2.23. The van der Waals surface area contributed by atoms with Crippen molar-refractivity contribution in [2.75, 3.05) is 0 Å². The summed E-state index contributed by atoms with van der Waals surface area (Å²) in [6.45, 7) is 1.71. The molecular formula is C19H17N3O4. The van der Waals surface area contributed by atoms with Crippen LogP contribution in [0.4, 0.5) is 5.69 Å². The number of nitrogens with one attached hydrogen (secondary N) is 1. The van der Waals surface area contributed by atoms with Gasteiger partial charge in [-0.05, 0) is 11.6 Å². The Labute approximate surface area is 149 Å². The van der Waals surface area contributed by atoms with Crippen molar-refractivity contribution in [3.8, 4) is 5.75 Å². The summed E-state index contributed by atoms with van der Waals surface area (Å²) in [5.41, 5.74) is 1.26. The largest absolute Gasteiger partial charge is 0.505 e. The average Bonchev–Trinajstić information content (AvgIpc) is 2.67. The molecule has 0 bridgehead atoms. The highest BCUT2D eigenvalue weighted by Crippen LogP contribution is 2.35. The number of phenols is 1. The minimum Gasteiger partial charge on any atom is -0.505 e. The number of hydrogen-bond donors (Lipinski definition) is 2. The van der Waals surface area contributed by atoms with Gasteiger partial charge in [-0.15, -0.1) is 0 Å². The number of carbonyl (C=O) groups is 1. The number of phenolic OH excluding ortho intramolecular Hbond substituents is 1. The Balaban J connectivity index is 2.16. The number of hydrogen-bond acceptors (Lipinski definition) is 5. The van der Waals surface area contributed by atoms with E-state index in [1.54, 1.807) is 43.5 Å². The molecule has 0 radical (unpaired) electrons. The second-order valence-electron chi connectivity index (χ2n) is 5.78. The number of fused-ring (bicyclic) bond motifs is 1. The van der Waals surface area contributed by atoms with Gasteiger partial charge in [-0.3, -0.25) is 19.9 Å². The minimum atomic E-state index is -0.728. The van der Waals surface area contributed by atoms with Crippen molar-refractivity contribution in [2.45, 2.75) is 19.4 Å². The summed E-state index contributed by atoms with van der Waals surface area (Å²) in [6.07, 6.45) is 1.82. The van der Waals surface area contributed by atoms with Crippen LogP contribution in [0.25, 0.3) is 10.9 Å². The van der Waals surface area contributed by atoms with E-state index in [0.29, 0.717) is 16.6 Å². The zero-order valence-corrected chi connectivity index (χ0v) is 14.0. The van der Waals surface area contributed by atoms with Crippen molar-refractivity contribution in [1.29, 1.82) is 0 Å². The molecule has 1 amide bonds. The standard InChI is InChI=1S/C19H17N3O4/c1-2-16(23)21-17(13-5-3-7-14(11-13)22(25)26)15-9-8-12-6-4-10-20-18(12)19(15)24/h3-11,17,24H,2H2,1H3,(H,21,23). The van der Waals surface area contributed by atoms with Crippen LogP contribution in [-0.2, 0) is 4.79 Å². The lowest BCUT2D eigenvalue weighted by Gasteiger charge is -2.21. The van der Waals surface area contributed by atoms with Gasteiger partial charge >= 0.3 is 0 Å². The smallest absolute Gasteiger partial charge is 0.269 e. The summed E-state index contributed by atoms with van der Waals surface area (Å²) >= 11 is 0. The molecule has 0 aliphatic carbocycles. The fraction of sp³-hybridized carbons (Fsp3) is 0.158. The number of aromatic nitrogens is 1. The Bertz CT molecular complexity index is 987. The number of amides is 1. The molecule has 0 aliphatic rings. The van der Waals surface area contributed by atoms with Crippen LogP contribution in [0.15, 0.2) is 54.7 Å². The maximum Gasteiger partial charge on any atom is 0.269 e. The molecule has 0 fully saturated rings. The molecule has 3 rings (SSSR count). The lowest BCUT2D eigenvalue weighted by atomic mass is 9.95. The van der Waals surface area contributed by atoms with Crippen LogP contribution in [0.3, 0.4) is 0 Å². The second-order valence-corrected chi connectivity index (χ2v) is 5.78. The van der Waals surface area contributed by atoms with Gasteiger partial charge in [-0.2, -0.15) is 0 Å². The monoisotopic (exact) mass is 351 g/mol. The fourth-order valence-corrected chi connectivity index (χ4v) is 2.80. The molecule has 26 heavy (non-hydrogen) atoms. The number of rotatable bonds is 5. The topological polar surface area (TPSA) is 105 Å². The molecule has 0 aliphatic heterocycles. The Morgan fingerprint density at radius 3 is 2.81 bits per heavy atom.